The van der Waals surface area contributed by atoms with Crippen molar-refractivity contribution in [3.05, 3.63) is 12.2 Å². The van der Waals surface area contributed by atoms with E-state index in [-0.39, 0.29) is 17.9 Å². The third kappa shape index (κ3) is 3.86. The van der Waals surface area contributed by atoms with Gasteiger partial charge in [-0.05, 0) is 44.9 Å². The van der Waals surface area contributed by atoms with Crippen LogP contribution in [0.3, 0.4) is 0 Å². The second-order valence-electron chi connectivity index (χ2n) is 5.80. The Morgan fingerprint density at radius 3 is 2.59 bits per heavy atom. The largest absolute Gasteiger partial charge is 0.353 e. The van der Waals surface area contributed by atoms with Crippen molar-refractivity contribution in [2.24, 2.45) is 17.8 Å². The van der Waals surface area contributed by atoms with Crippen LogP contribution in [0.25, 0.3) is 0 Å². The van der Waals surface area contributed by atoms with Crippen LogP contribution in [0.5, 0.6) is 0 Å². The van der Waals surface area contributed by atoms with Gasteiger partial charge in [-0.1, -0.05) is 32.4 Å². The summed E-state index contributed by atoms with van der Waals surface area (Å²) in [6.45, 7) is 12.5. The summed E-state index contributed by atoms with van der Waals surface area (Å²) in [7, 11) is 0. The third-order valence-corrected chi connectivity index (χ3v) is 4.08. The molecule has 1 saturated carbocycles. The summed E-state index contributed by atoms with van der Waals surface area (Å²) in [5.41, 5.74) is 1.17. The van der Waals surface area contributed by atoms with Gasteiger partial charge in [-0.3, -0.25) is 4.79 Å². The zero-order valence-electron chi connectivity index (χ0n) is 11.8. The summed E-state index contributed by atoms with van der Waals surface area (Å²) in [6.07, 6.45) is 4.35. The molecule has 1 unspecified atom stereocenters. The third-order valence-electron chi connectivity index (χ3n) is 4.08. The summed E-state index contributed by atoms with van der Waals surface area (Å²) in [5, 5.41) is 3.12. The van der Waals surface area contributed by atoms with E-state index in [1.165, 1.54) is 12.0 Å². The fourth-order valence-electron chi connectivity index (χ4n) is 2.71. The summed E-state index contributed by atoms with van der Waals surface area (Å²) in [4.78, 5) is 12.3. The van der Waals surface area contributed by atoms with Crippen LogP contribution in [0.15, 0.2) is 12.2 Å². The first kappa shape index (κ1) is 14.3. The van der Waals surface area contributed by atoms with Crippen LogP contribution >= 0.6 is 0 Å². The Labute approximate surface area is 106 Å². The Kier molecular flexibility index (Phi) is 5.23. The predicted octanol–water partition coefficient (Wildman–Crippen LogP) is 3.53. The minimum atomic E-state index is 0.144. The van der Waals surface area contributed by atoms with Crippen molar-refractivity contribution in [2.75, 3.05) is 0 Å². The molecule has 2 heteroatoms. The summed E-state index contributed by atoms with van der Waals surface area (Å²) >= 11 is 0. The van der Waals surface area contributed by atoms with Crippen molar-refractivity contribution < 1.29 is 4.79 Å². The molecule has 98 valence electrons. The monoisotopic (exact) mass is 237 g/mol. The van der Waals surface area contributed by atoms with E-state index >= 15 is 0 Å². The molecule has 0 aromatic heterocycles. The minimum Gasteiger partial charge on any atom is -0.353 e. The molecular weight excluding hydrogens is 210 g/mol. The Morgan fingerprint density at radius 2 is 2.06 bits per heavy atom. The highest BCUT2D eigenvalue weighted by atomic mass is 16.1. The second-order valence-corrected chi connectivity index (χ2v) is 5.80. The molecule has 4 atom stereocenters. The highest BCUT2D eigenvalue weighted by Crippen LogP contribution is 2.37. The lowest BCUT2D eigenvalue weighted by atomic mass is 9.71. The van der Waals surface area contributed by atoms with Gasteiger partial charge in [-0.15, -0.1) is 0 Å². The molecule has 1 aliphatic rings. The topological polar surface area (TPSA) is 29.1 Å². The van der Waals surface area contributed by atoms with E-state index in [0.717, 1.165) is 19.3 Å². The summed E-state index contributed by atoms with van der Waals surface area (Å²) < 4.78 is 0. The van der Waals surface area contributed by atoms with E-state index in [0.29, 0.717) is 11.8 Å². The highest BCUT2D eigenvalue weighted by Gasteiger charge is 2.34. The van der Waals surface area contributed by atoms with Gasteiger partial charge >= 0.3 is 0 Å². The van der Waals surface area contributed by atoms with Crippen LogP contribution in [-0.4, -0.2) is 11.9 Å². The Balaban J connectivity index is 2.68. The van der Waals surface area contributed by atoms with Crippen molar-refractivity contribution in [2.45, 2.75) is 59.4 Å². The Hall–Kier alpha value is -0.790. The van der Waals surface area contributed by atoms with Gasteiger partial charge < -0.3 is 5.32 Å². The van der Waals surface area contributed by atoms with Gasteiger partial charge in [-0.2, -0.15) is 0 Å². The molecule has 0 aromatic rings. The first-order valence-electron chi connectivity index (χ1n) is 6.91. The highest BCUT2D eigenvalue weighted by molar-refractivity contribution is 5.79. The van der Waals surface area contributed by atoms with Gasteiger partial charge in [-0.25, -0.2) is 0 Å². The van der Waals surface area contributed by atoms with Gasteiger partial charge in [0.2, 0.25) is 5.91 Å². The number of hydrogen-bond acceptors (Lipinski definition) is 1. The summed E-state index contributed by atoms with van der Waals surface area (Å²) in [5.74, 6) is 1.43. The minimum absolute atomic E-state index is 0.144. The zero-order chi connectivity index (χ0) is 13.0. The number of nitrogens with one attached hydrogen (secondary N) is 1. The van der Waals surface area contributed by atoms with Crippen LogP contribution in [0.1, 0.15) is 53.4 Å². The predicted molar refractivity (Wildman–Crippen MR) is 72.7 cm³/mol. The molecule has 1 rings (SSSR count). The SMILES string of the molecule is C=C(C)[C@@H]1CC[C@@H](C)C[C@H]1C(=O)NC(C)CC. The standard InChI is InChI=1S/C15H27NO/c1-6-12(5)16-15(17)14-9-11(4)7-8-13(14)10(2)3/h11-14H,2,6-9H2,1,3-5H3,(H,16,17)/t11-,12?,13+,14-/m1/s1. The lowest BCUT2D eigenvalue weighted by Gasteiger charge is -2.35. The molecule has 1 aliphatic carbocycles. The Bertz CT molecular complexity index is 285. The molecule has 0 bridgehead atoms. The molecule has 0 radical (unpaired) electrons. The molecule has 0 aliphatic heterocycles. The van der Waals surface area contributed by atoms with Gasteiger partial charge in [0.25, 0.3) is 0 Å². The maximum absolute atomic E-state index is 12.3. The second kappa shape index (κ2) is 6.23. The van der Waals surface area contributed by atoms with Crippen LogP contribution in [-0.2, 0) is 4.79 Å². The molecule has 2 nitrogen and oxygen atoms in total. The number of allylic oxidation sites excluding steroid dienone is 1. The van der Waals surface area contributed by atoms with E-state index in [4.69, 9.17) is 0 Å². The molecular formula is C15H27NO. The Morgan fingerprint density at radius 1 is 1.41 bits per heavy atom. The molecule has 0 aromatic carbocycles. The van der Waals surface area contributed by atoms with Crippen molar-refractivity contribution in [3.8, 4) is 0 Å². The first-order valence-corrected chi connectivity index (χ1v) is 6.91. The number of carbonyl (C=O) groups is 1. The number of rotatable bonds is 4. The maximum atomic E-state index is 12.3. The number of carbonyl (C=O) groups excluding carboxylic acids is 1. The normalized spacial score (nSPS) is 30.7. The van der Waals surface area contributed by atoms with E-state index in [2.05, 4.69) is 39.6 Å². The number of hydrogen-bond donors (Lipinski definition) is 1. The van der Waals surface area contributed by atoms with Crippen molar-refractivity contribution in [1.29, 1.82) is 0 Å². The fraction of sp³-hybridized carbons (Fsp3) is 0.800. The summed E-state index contributed by atoms with van der Waals surface area (Å²) in [6, 6.07) is 0.283. The molecule has 1 fully saturated rings. The fourth-order valence-corrected chi connectivity index (χ4v) is 2.71. The smallest absolute Gasteiger partial charge is 0.223 e. The van der Waals surface area contributed by atoms with E-state index in [9.17, 15) is 4.79 Å². The quantitative estimate of drug-likeness (QED) is 0.745. The molecule has 1 amide bonds. The molecule has 0 heterocycles. The molecule has 17 heavy (non-hydrogen) atoms. The number of amides is 1. The molecule has 0 saturated heterocycles. The lowest BCUT2D eigenvalue weighted by molar-refractivity contribution is -0.128. The molecule has 1 N–H and O–H groups in total. The van der Waals surface area contributed by atoms with Crippen molar-refractivity contribution in [3.63, 3.8) is 0 Å². The first-order chi connectivity index (χ1) is 7.95. The maximum Gasteiger partial charge on any atom is 0.223 e. The van der Waals surface area contributed by atoms with Gasteiger partial charge in [0.15, 0.2) is 0 Å². The van der Waals surface area contributed by atoms with Crippen molar-refractivity contribution in [1.82, 2.24) is 5.32 Å². The van der Waals surface area contributed by atoms with Gasteiger partial charge in [0.05, 0.1) is 0 Å². The van der Waals surface area contributed by atoms with Crippen LogP contribution < -0.4 is 5.32 Å². The zero-order valence-corrected chi connectivity index (χ0v) is 11.8. The lowest BCUT2D eigenvalue weighted by Crippen LogP contribution is -2.42. The molecule has 0 spiro atoms. The van der Waals surface area contributed by atoms with Crippen LogP contribution in [0.2, 0.25) is 0 Å². The van der Waals surface area contributed by atoms with Crippen molar-refractivity contribution >= 4 is 5.91 Å². The average Bonchev–Trinajstić information content (AvgIpc) is 2.28. The van der Waals surface area contributed by atoms with Crippen LogP contribution in [0, 0.1) is 17.8 Å². The van der Waals surface area contributed by atoms with E-state index in [1.54, 1.807) is 0 Å². The average molecular weight is 237 g/mol. The van der Waals surface area contributed by atoms with Crippen LogP contribution in [0.4, 0.5) is 0 Å². The van der Waals surface area contributed by atoms with Gasteiger partial charge in [0.1, 0.15) is 0 Å². The van der Waals surface area contributed by atoms with Gasteiger partial charge in [0, 0.05) is 12.0 Å². The van der Waals surface area contributed by atoms with E-state index in [1.807, 2.05) is 0 Å². The van der Waals surface area contributed by atoms with E-state index < -0.39 is 0 Å².